The third kappa shape index (κ3) is 2.39. The van der Waals surface area contributed by atoms with E-state index in [0.717, 1.165) is 24.2 Å². The van der Waals surface area contributed by atoms with Gasteiger partial charge in [0.1, 0.15) is 6.04 Å². The topological polar surface area (TPSA) is 32.3 Å². The molecule has 0 radical (unpaired) electrons. The normalized spacial score (nSPS) is 16.9. The summed E-state index contributed by atoms with van der Waals surface area (Å²) in [5, 5.41) is 3.36. The van der Waals surface area contributed by atoms with Gasteiger partial charge in [-0.25, -0.2) is 0 Å². The predicted octanol–water partition coefficient (Wildman–Crippen LogP) is 3.08. The number of likely N-dealkylation sites (N-methyl/N-ethyl adjacent to an activating group) is 1. The standard InChI is InChI=1S/C17H18N2O/c1-19(14-8-3-2-4-9-14)17(20)16-12-11-13-7-5-6-10-15(13)18-16/h2-10,16,18H,11-12H2,1H3. The molecule has 1 N–H and O–H groups in total. The van der Waals surface area contributed by atoms with Crippen LogP contribution in [-0.4, -0.2) is 19.0 Å². The van der Waals surface area contributed by atoms with Crippen LogP contribution in [0.1, 0.15) is 12.0 Å². The number of nitrogens with zero attached hydrogens (tertiary/aromatic N) is 1. The number of carbonyl (C=O) groups excluding carboxylic acids is 1. The molecule has 0 saturated carbocycles. The Morgan fingerprint density at radius 1 is 1.10 bits per heavy atom. The number of hydrogen-bond donors (Lipinski definition) is 1. The minimum atomic E-state index is -0.143. The zero-order chi connectivity index (χ0) is 13.9. The minimum Gasteiger partial charge on any atom is -0.373 e. The van der Waals surface area contributed by atoms with Crippen LogP contribution in [0.3, 0.4) is 0 Å². The van der Waals surface area contributed by atoms with Gasteiger partial charge in [0, 0.05) is 18.4 Å². The van der Waals surface area contributed by atoms with Gasteiger partial charge in [-0.2, -0.15) is 0 Å². The van der Waals surface area contributed by atoms with Crippen molar-refractivity contribution in [2.75, 3.05) is 17.3 Å². The van der Waals surface area contributed by atoms with Gasteiger partial charge in [0.25, 0.3) is 0 Å². The largest absolute Gasteiger partial charge is 0.373 e. The van der Waals surface area contributed by atoms with E-state index in [4.69, 9.17) is 0 Å². The van der Waals surface area contributed by atoms with Crippen molar-refractivity contribution in [1.82, 2.24) is 0 Å². The van der Waals surface area contributed by atoms with Gasteiger partial charge >= 0.3 is 0 Å². The number of anilines is 2. The summed E-state index contributed by atoms with van der Waals surface area (Å²) in [4.78, 5) is 14.3. The van der Waals surface area contributed by atoms with E-state index in [-0.39, 0.29) is 11.9 Å². The fourth-order valence-corrected chi connectivity index (χ4v) is 2.64. The zero-order valence-electron chi connectivity index (χ0n) is 11.5. The Morgan fingerprint density at radius 2 is 1.80 bits per heavy atom. The molecule has 3 nitrogen and oxygen atoms in total. The van der Waals surface area contributed by atoms with E-state index in [1.165, 1.54) is 5.56 Å². The Kier molecular flexibility index (Phi) is 3.42. The van der Waals surface area contributed by atoms with Gasteiger partial charge in [-0.3, -0.25) is 4.79 Å². The van der Waals surface area contributed by atoms with Crippen molar-refractivity contribution < 1.29 is 4.79 Å². The van der Waals surface area contributed by atoms with Crippen LogP contribution in [0.25, 0.3) is 0 Å². The van der Waals surface area contributed by atoms with Crippen LogP contribution >= 0.6 is 0 Å². The molecule has 3 rings (SSSR count). The Labute approximate surface area is 119 Å². The highest BCUT2D eigenvalue weighted by molar-refractivity contribution is 5.98. The third-order valence-electron chi connectivity index (χ3n) is 3.82. The quantitative estimate of drug-likeness (QED) is 0.906. The van der Waals surface area contributed by atoms with Crippen molar-refractivity contribution in [1.29, 1.82) is 0 Å². The van der Waals surface area contributed by atoms with Crippen LogP contribution < -0.4 is 10.2 Å². The second-order valence-corrected chi connectivity index (χ2v) is 5.13. The smallest absolute Gasteiger partial charge is 0.249 e. The van der Waals surface area contributed by atoms with Gasteiger partial charge in [0.15, 0.2) is 0 Å². The molecule has 20 heavy (non-hydrogen) atoms. The highest BCUT2D eigenvalue weighted by atomic mass is 16.2. The molecule has 1 heterocycles. The van der Waals surface area contributed by atoms with E-state index in [1.54, 1.807) is 4.90 Å². The summed E-state index contributed by atoms with van der Waals surface area (Å²) in [6.45, 7) is 0. The van der Waals surface area contributed by atoms with Gasteiger partial charge in [0.2, 0.25) is 5.91 Å². The van der Waals surface area contributed by atoms with E-state index in [0.29, 0.717) is 0 Å². The molecule has 2 aromatic carbocycles. The summed E-state index contributed by atoms with van der Waals surface area (Å²) in [5.74, 6) is 0.116. The molecule has 0 fully saturated rings. The van der Waals surface area contributed by atoms with Crippen LogP contribution in [0, 0.1) is 0 Å². The van der Waals surface area contributed by atoms with Crippen LogP contribution in [0.15, 0.2) is 54.6 Å². The minimum absolute atomic E-state index is 0.116. The first-order valence-corrected chi connectivity index (χ1v) is 6.93. The van der Waals surface area contributed by atoms with Gasteiger partial charge < -0.3 is 10.2 Å². The fraction of sp³-hybridized carbons (Fsp3) is 0.235. The molecule has 102 valence electrons. The molecule has 0 bridgehead atoms. The molecular weight excluding hydrogens is 248 g/mol. The Bertz CT molecular complexity index is 609. The van der Waals surface area contributed by atoms with E-state index in [2.05, 4.69) is 11.4 Å². The van der Waals surface area contributed by atoms with Crippen molar-refractivity contribution in [2.45, 2.75) is 18.9 Å². The first-order valence-electron chi connectivity index (χ1n) is 6.93. The number of hydrogen-bond acceptors (Lipinski definition) is 2. The van der Waals surface area contributed by atoms with Crippen molar-refractivity contribution in [3.05, 3.63) is 60.2 Å². The van der Waals surface area contributed by atoms with Crippen molar-refractivity contribution in [3.63, 3.8) is 0 Å². The third-order valence-corrected chi connectivity index (χ3v) is 3.82. The van der Waals surface area contributed by atoms with Gasteiger partial charge in [-0.1, -0.05) is 36.4 Å². The number of rotatable bonds is 2. The van der Waals surface area contributed by atoms with Crippen LogP contribution in [0.4, 0.5) is 11.4 Å². The first kappa shape index (κ1) is 12.7. The molecular formula is C17H18N2O. The maximum atomic E-state index is 12.6. The summed E-state index contributed by atoms with van der Waals surface area (Å²) >= 11 is 0. The second kappa shape index (κ2) is 5.37. The highest BCUT2D eigenvalue weighted by Crippen LogP contribution is 2.25. The molecule has 0 aliphatic carbocycles. The van der Waals surface area contributed by atoms with Gasteiger partial charge in [0.05, 0.1) is 0 Å². The number of fused-ring (bicyclic) bond motifs is 1. The average Bonchev–Trinajstić information content (AvgIpc) is 2.54. The Balaban J connectivity index is 1.76. The second-order valence-electron chi connectivity index (χ2n) is 5.13. The van der Waals surface area contributed by atoms with Crippen LogP contribution in [0.5, 0.6) is 0 Å². The summed E-state index contributed by atoms with van der Waals surface area (Å²) in [7, 11) is 1.83. The number of amides is 1. The SMILES string of the molecule is CN(C(=O)C1CCc2ccccc2N1)c1ccccc1. The number of benzene rings is 2. The summed E-state index contributed by atoms with van der Waals surface area (Å²) < 4.78 is 0. The Morgan fingerprint density at radius 3 is 2.60 bits per heavy atom. The molecule has 1 atom stereocenters. The van der Waals surface area contributed by atoms with Crippen LogP contribution in [0.2, 0.25) is 0 Å². The molecule has 0 spiro atoms. The zero-order valence-corrected chi connectivity index (χ0v) is 11.5. The highest BCUT2D eigenvalue weighted by Gasteiger charge is 2.26. The van der Waals surface area contributed by atoms with E-state index >= 15 is 0 Å². The maximum Gasteiger partial charge on any atom is 0.249 e. The van der Waals surface area contributed by atoms with Crippen molar-refractivity contribution >= 4 is 17.3 Å². The van der Waals surface area contributed by atoms with Gasteiger partial charge in [-0.15, -0.1) is 0 Å². The summed E-state index contributed by atoms with van der Waals surface area (Å²) in [6.07, 6.45) is 1.79. The van der Waals surface area contributed by atoms with Crippen LogP contribution in [-0.2, 0) is 11.2 Å². The molecule has 1 amide bonds. The number of carbonyl (C=O) groups is 1. The monoisotopic (exact) mass is 266 g/mol. The average molecular weight is 266 g/mol. The van der Waals surface area contributed by atoms with E-state index in [9.17, 15) is 4.79 Å². The van der Waals surface area contributed by atoms with Crippen molar-refractivity contribution in [3.8, 4) is 0 Å². The van der Waals surface area contributed by atoms with Crippen molar-refractivity contribution in [2.24, 2.45) is 0 Å². The number of para-hydroxylation sites is 2. The fourth-order valence-electron chi connectivity index (χ4n) is 2.64. The lowest BCUT2D eigenvalue weighted by Crippen LogP contribution is -2.43. The molecule has 2 aromatic rings. The lowest BCUT2D eigenvalue weighted by Gasteiger charge is -2.29. The summed E-state index contributed by atoms with van der Waals surface area (Å²) in [6, 6.07) is 17.8. The molecule has 1 aliphatic rings. The first-order chi connectivity index (χ1) is 9.75. The molecule has 0 saturated heterocycles. The van der Waals surface area contributed by atoms with E-state index in [1.807, 2.05) is 55.6 Å². The molecule has 3 heteroatoms. The Hall–Kier alpha value is -2.29. The summed E-state index contributed by atoms with van der Waals surface area (Å²) in [5.41, 5.74) is 3.30. The lowest BCUT2D eigenvalue weighted by atomic mass is 9.97. The molecule has 1 unspecified atom stereocenters. The molecule has 1 aliphatic heterocycles. The number of aryl methyl sites for hydroxylation is 1. The number of nitrogens with one attached hydrogen (secondary N) is 1. The predicted molar refractivity (Wildman–Crippen MR) is 82.0 cm³/mol. The van der Waals surface area contributed by atoms with Gasteiger partial charge in [-0.05, 0) is 36.6 Å². The molecule has 0 aromatic heterocycles. The van der Waals surface area contributed by atoms with E-state index < -0.39 is 0 Å². The maximum absolute atomic E-state index is 12.6. The lowest BCUT2D eigenvalue weighted by molar-refractivity contribution is -0.119.